The van der Waals surface area contributed by atoms with Crippen LogP contribution in [0.1, 0.15) is 0 Å². The highest BCUT2D eigenvalue weighted by atomic mass is 16.3. The van der Waals surface area contributed by atoms with Crippen molar-refractivity contribution in [2.24, 2.45) is 11.7 Å². The highest BCUT2D eigenvalue weighted by molar-refractivity contribution is 5.30. The summed E-state index contributed by atoms with van der Waals surface area (Å²) in [5, 5.41) is 17.3. The molecule has 1 aromatic carbocycles. The molecule has 0 spiro atoms. The fourth-order valence-corrected chi connectivity index (χ4v) is 0.493. The zero-order chi connectivity index (χ0) is 7.98. The minimum Gasteiger partial charge on any atom is -0.508 e. The highest BCUT2D eigenvalue weighted by Crippen LogP contribution is 2.14. The van der Waals surface area contributed by atoms with Crippen LogP contribution >= 0.6 is 0 Å². The first-order valence-electron chi connectivity index (χ1n) is 2.60. The number of nitrogens with two attached hydrogens (primary N) is 2. The van der Waals surface area contributed by atoms with Crippen molar-refractivity contribution in [1.29, 1.82) is 0 Å². The first-order valence-corrected chi connectivity index (χ1v) is 2.60. The second-order valence-corrected chi connectivity index (χ2v) is 1.52. The fourth-order valence-electron chi connectivity index (χ4n) is 0.493. The quantitative estimate of drug-likeness (QED) is 0.301. The van der Waals surface area contributed by atoms with Gasteiger partial charge in [-0.3, -0.25) is 11.7 Å². The van der Waals surface area contributed by atoms with Crippen LogP contribution in [-0.4, -0.2) is 10.2 Å². The number of phenols is 2. The Morgan fingerprint density at radius 3 is 1.60 bits per heavy atom. The molecule has 56 valence electrons. The molecule has 0 bridgehead atoms. The van der Waals surface area contributed by atoms with Gasteiger partial charge >= 0.3 is 0 Å². The van der Waals surface area contributed by atoms with Crippen molar-refractivity contribution in [3.05, 3.63) is 24.3 Å². The SMILES string of the molecule is NN.Oc1cccc(O)c1. The molecule has 0 aliphatic heterocycles. The third-order valence-corrected chi connectivity index (χ3v) is 0.830. The van der Waals surface area contributed by atoms with Gasteiger partial charge in [-0.15, -0.1) is 0 Å². The van der Waals surface area contributed by atoms with E-state index in [2.05, 4.69) is 11.7 Å². The Kier molecular flexibility index (Phi) is 4.02. The maximum absolute atomic E-state index is 8.65. The second-order valence-electron chi connectivity index (χ2n) is 1.52. The largest absolute Gasteiger partial charge is 0.508 e. The Hall–Kier alpha value is -1.26. The van der Waals surface area contributed by atoms with Crippen LogP contribution in [0, 0.1) is 0 Å². The predicted octanol–water partition coefficient (Wildman–Crippen LogP) is -0.0834. The van der Waals surface area contributed by atoms with Gasteiger partial charge in [-0.05, 0) is 12.1 Å². The Morgan fingerprint density at radius 2 is 1.40 bits per heavy atom. The summed E-state index contributed by atoms with van der Waals surface area (Å²) in [6, 6.07) is 5.85. The van der Waals surface area contributed by atoms with E-state index in [1.54, 1.807) is 6.07 Å². The first-order chi connectivity index (χ1) is 4.79. The number of hydrazine groups is 1. The summed E-state index contributed by atoms with van der Waals surface area (Å²) in [4.78, 5) is 0. The molecule has 0 radical (unpaired) electrons. The number of phenolic OH excluding ortho intramolecular Hbond substituents is 2. The van der Waals surface area contributed by atoms with Gasteiger partial charge in [0, 0.05) is 6.07 Å². The molecule has 10 heavy (non-hydrogen) atoms. The Bertz CT molecular complexity index is 174. The third kappa shape index (κ3) is 2.91. The van der Waals surface area contributed by atoms with Gasteiger partial charge in [0.05, 0.1) is 0 Å². The molecule has 0 atom stereocenters. The molecule has 0 fully saturated rings. The highest BCUT2D eigenvalue weighted by Gasteiger charge is 1.85. The maximum atomic E-state index is 8.65. The molecule has 0 heterocycles. The van der Waals surface area contributed by atoms with E-state index in [0.29, 0.717) is 0 Å². The van der Waals surface area contributed by atoms with Crippen LogP contribution in [-0.2, 0) is 0 Å². The van der Waals surface area contributed by atoms with Crippen molar-refractivity contribution in [2.75, 3.05) is 0 Å². The van der Waals surface area contributed by atoms with Crippen LogP contribution < -0.4 is 11.7 Å². The molecule has 1 aromatic rings. The summed E-state index contributed by atoms with van der Waals surface area (Å²) >= 11 is 0. The zero-order valence-electron chi connectivity index (χ0n) is 5.36. The van der Waals surface area contributed by atoms with E-state index < -0.39 is 0 Å². The summed E-state index contributed by atoms with van der Waals surface area (Å²) in [6.07, 6.45) is 0. The number of benzene rings is 1. The average molecular weight is 142 g/mol. The molecular weight excluding hydrogens is 132 g/mol. The molecule has 4 nitrogen and oxygen atoms in total. The lowest BCUT2D eigenvalue weighted by Crippen LogP contribution is -2.02. The van der Waals surface area contributed by atoms with E-state index in [0.717, 1.165) is 0 Å². The monoisotopic (exact) mass is 142 g/mol. The summed E-state index contributed by atoms with van der Waals surface area (Å²) in [7, 11) is 0. The van der Waals surface area contributed by atoms with Crippen molar-refractivity contribution < 1.29 is 10.2 Å². The van der Waals surface area contributed by atoms with Gasteiger partial charge in [-0.1, -0.05) is 6.07 Å². The average Bonchev–Trinajstić information content (AvgIpc) is 1.91. The lowest BCUT2D eigenvalue weighted by atomic mass is 10.3. The van der Waals surface area contributed by atoms with Crippen molar-refractivity contribution in [2.45, 2.75) is 0 Å². The van der Waals surface area contributed by atoms with Crippen LogP contribution in [0.4, 0.5) is 0 Å². The van der Waals surface area contributed by atoms with Crippen LogP contribution in [0.3, 0.4) is 0 Å². The summed E-state index contributed by atoms with van der Waals surface area (Å²) < 4.78 is 0. The molecule has 0 saturated carbocycles. The minimum atomic E-state index is 0.0880. The smallest absolute Gasteiger partial charge is 0.119 e. The van der Waals surface area contributed by atoms with Crippen LogP contribution in [0.25, 0.3) is 0 Å². The predicted molar refractivity (Wildman–Crippen MR) is 38.1 cm³/mol. The summed E-state index contributed by atoms with van der Waals surface area (Å²) in [5.74, 6) is 8.18. The van der Waals surface area contributed by atoms with E-state index in [9.17, 15) is 0 Å². The molecule has 1 rings (SSSR count). The van der Waals surface area contributed by atoms with E-state index in [4.69, 9.17) is 10.2 Å². The molecular formula is C6H10N2O2. The lowest BCUT2D eigenvalue weighted by Gasteiger charge is -1.89. The molecule has 0 saturated heterocycles. The summed E-state index contributed by atoms with van der Waals surface area (Å²) in [6.45, 7) is 0. The van der Waals surface area contributed by atoms with Crippen LogP contribution in [0.15, 0.2) is 24.3 Å². The van der Waals surface area contributed by atoms with E-state index in [1.807, 2.05) is 0 Å². The van der Waals surface area contributed by atoms with Gasteiger partial charge in [-0.25, -0.2) is 0 Å². The van der Waals surface area contributed by atoms with Gasteiger partial charge in [0.2, 0.25) is 0 Å². The van der Waals surface area contributed by atoms with Crippen LogP contribution in [0.2, 0.25) is 0 Å². The van der Waals surface area contributed by atoms with Crippen molar-refractivity contribution >= 4 is 0 Å². The molecule has 0 unspecified atom stereocenters. The van der Waals surface area contributed by atoms with Gasteiger partial charge in [0.1, 0.15) is 11.5 Å². The van der Waals surface area contributed by atoms with Crippen molar-refractivity contribution in [3.63, 3.8) is 0 Å². The van der Waals surface area contributed by atoms with Crippen LogP contribution in [0.5, 0.6) is 11.5 Å². The van der Waals surface area contributed by atoms with Gasteiger partial charge < -0.3 is 10.2 Å². The maximum Gasteiger partial charge on any atom is 0.119 e. The first kappa shape index (κ1) is 8.74. The van der Waals surface area contributed by atoms with Crippen molar-refractivity contribution in [3.8, 4) is 11.5 Å². The Labute approximate surface area is 58.7 Å². The number of rotatable bonds is 0. The molecule has 6 N–H and O–H groups in total. The molecule has 0 aliphatic rings. The second kappa shape index (κ2) is 4.60. The van der Waals surface area contributed by atoms with Gasteiger partial charge in [0.25, 0.3) is 0 Å². The molecule has 0 amide bonds. The third-order valence-electron chi connectivity index (χ3n) is 0.830. The normalized spacial score (nSPS) is 7.80. The topological polar surface area (TPSA) is 92.5 Å². The standard InChI is InChI=1S/C6H6O2.H4N2/c7-5-2-1-3-6(8)4-5;1-2/h1-4,7-8H;1-2H2. The van der Waals surface area contributed by atoms with Crippen molar-refractivity contribution in [1.82, 2.24) is 0 Å². The van der Waals surface area contributed by atoms with E-state index >= 15 is 0 Å². The molecule has 0 aromatic heterocycles. The number of hydrogen-bond donors (Lipinski definition) is 4. The molecule has 4 heteroatoms. The minimum absolute atomic E-state index is 0.0880. The number of aromatic hydroxyl groups is 2. The van der Waals surface area contributed by atoms with E-state index in [1.165, 1.54) is 18.2 Å². The Balaban J connectivity index is 0.000000371. The van der Waals surface area contributed by atoms with Gasteiger partial charge in [-0.2, -0.15) is 0 Å². The number of hydrogen-bond acceptors (Lipinski definition) is 4. The van der Waals surface area contributed by atoms with E-state index in [-0.39, 0.29) is 11.5 Å². The molecule has 0 aliphatic carbocycles. The van der Waals surface area contributed by atoms with Gasteiger partial charge in [0.15, 0.2) is 0 Å². The Morgan fingerprint density at radius 1 is 1.00 bits per heavy atom. The lowest BCUT2D eigenvalue weighted by molar-refractivity contribution is 0.450. The zero-order valence-corrected chi connectivity index (χ0v) is 5.36. The summed E-state index contributed by atoms with van der Waals surface area (Å²) in [5.41, 5.74) is 0. The fraction of sp³-hybridized carbons (Fsp3) is 0.